The van der Waals surface area contributed by atoms with E-state index in [0.717, 1.165) is 0 Å². The third-order valence-electron chi connectivity index (χ3n) is 1.97. The number of halogens is 3. The molecule has 0 atom stereocenters. The molecule has 0 unspecified atom stereocenters. The zero-order valence-corrected chi connectivity index (χ0v) is 11.6. The number of aromatic nitrogens is 2. The van der Waals surface area contributed by atoms with Crippen molar-refractivity contribution in [3.63, 3.8) is 0 Å². The highest BCUT2D eigenvalue weighted by atomic mass is 35.5. The number of amides is 2. The molecule has 8 heteroatoms. The Kier molecular flexibility index (Phi) is 4.42. The van der Waals surface area contributed by atoms with Crippen LogP contribution >= 0.6 is 34.8 Å². The minimum atomic E-state index is -0.527. The second-order valence-corrected chi connectivity index (χ2v) is 4.64. The van der Waals surface area contributed by atoms with Gasteiger partial charge in [0.25, 0.3) is 0 Å². The molecule has 0 aliphatic heterocycles. The largest absolute Gasteiger partial charge is 0.326 e. The van der Waals surface area contributed by atoms with Gasteiger partial charge in [-0.05, 0) is 18.2 Å². The Morgan fingerprint density at radius 3 is 2.32 bits per heavy atom. The summed E-state index contributed by atoms with van der Waals surface area (Å²) < 4.78 is 0. The number of carbonyl (C=O) groups is 1. The van der Waals surface area contributed by atoms with Crippen molar-refractivity contribution >= 4 is 52.5 Å². The molecule has 1 heterocycles. The Bertz CT molecular complexity index is 600. The molecule has 19 heavy (non-hydrogen) atoms. The number of nitrogens with one attached hydrogen (secondary N) is 2. The lowest BCUT2D eigenvalue weighted by atomic mass is 10.3. The molecule has 1 aromatic heterocycles. The Labute approximate surface area is 123 Å². The number of hydrogen-bond donors (Lipinski definition) is 2. The van der Waals surface area contributed by atoms with Crippen molar-refractivity contribution in [2.75, 3.05) is 10.6 Å². The molecule has 0 saturated heterocycles. The van der Waals surface area contributed by atoms with Gasteiger partial charge < -0.3 is 5.32 Å². The van der Waals surface area contributed by atoms with Crippen molar-refractivity contribution in [1.82, 2.24) is 9.97 Å². The van der Waals surface area contributed by atoms with Gasteiger partial charge in [-0.15, -0.1) is 0 Å². The molecule has 5 nitrogen and oxygen atoms in total. The van der Waals surface area contributed by atoms with Crippen LogP contribution in [0.5, 0.6) is 0 Å². The summed E-state index contributed by atoms with van der Waals surface area (Å²) in [6.07, 6.45) is 0. The molecular formula is C11H7Cl3N4O. The summed E-state index contributed by atoms with van der Waals surface area (Å²) in [5.41, 5.74) is 0.540. The Balaban J connectivity index is 2.05. The molecule has 0 bridgehead atoms. The summed E-state index contributed by atoms with van der Waals surface area (Å²) in [6, 6.07) is 7.54. The van der Waals surface area contributed by atoms with Crippen LogP contribution in [-0.2, 0) is 0 Å². The maximum Gasteiger partial charge on any atom is 0.326 e. The van der Waals surface area contributed by atoms with E-state index in [1.807, 2.05) is 0 Å². The average Bonchev–Trinajstić information content (AvgIpc) is 2.26. The lowest BCUT2D eigenvalue weighted by molar-refractivity contribution is 0.262. The van der Waals surface area contributed by atoms with Crippen molar-refractivity contribution in [1.29, 1.82) is 0 Å². The van der Waals surface area contributed by atoms with E-state index in [1.165, 1.54) is 6.07 Å². The van der Waals surface area contributed by atoms with E-state index in [4.69, 9.17) is 34.8 Å². The lowest BCUT2D eigenvalue weighted by Crippen LogP contribution is -2.20. The van der Waals surface area contributed by atoms with E-state index in [0.29, 0.717) is 10.7 Å². The minimum Gasteiger partial charge on any atom is -0.308 e. The molecule has 2 aromatic rings. The van der Waals surface area contributed by atoms with Gasteiger partial charge in [-0.3, -0.25) is 5.32 Å². The Morgan fingerprint density at radius 1 is 1.00 bits per heavy atom. The molecule has 0 aliphatic carbocycles. The van der Waals surface area contributed by atoms with Gasteiger partial charge in [-0.2, -0.15) is 0 Å². The van der Waals surface area contributed by atoms with Gasteiger partial charge >= 0.3 is 6.03 Å². The highest BCUT2D eigenvalue weighted by Gasteiger charge is 2.07. The standard InChI is InChI=1S/C11H7Cl3N4O/c12-6-2-1-3-7(4-6)15-11(19)18-10-16-8(13)5-9(14)17-10/h1-5H,(H2,15,16,17,18,19). The number of carbonyl (C=O) groups excluding carboxylic acids is 1. The second kappa shape index (κ2) is 6.06. The number of hydrogen-bond acceptors (Lipinski definition) is 3. The molecule has 1 aromatic carbocycles. The van der Waals surface area contributed by atoms with E-state index in [2.05, 4.69) is 20.6 Å². The maximum atomic E-state index is 11.7. The van der Waals surface area contributed by atoms with E-state index < -0.39 is 6.03 Å². The van der Waals surface area contributed by atoms with Crippen LogP contribution in [0.2, 0.25) is 15.3 Å². The second-order valence-electron chi connectivity index (χ2n) is 3.43. The Hall–Kier alpha value is -1.56. The Morgan fingerprint density at radius 2 is 1.68 bits per heavy atom. The third kappa shape index (κ3) is 4.24. The van der Waals surface area contributed by atoms with E-state index in [1.54, 1.807) is 24.3 Å². The van der Waals surface area contributed by atoms with E-state index in [9.17, 15) is 4.79 Å². The monoisotopic (exact) mass is 316 g/mol. The van der Waals surface area contributed by atoms with Gasteiger partial charge in [0.2, 0.25) is 5.95 Å². The zero-order valence-electron chi connectivity index (χ0n) is 9.32. The molecule has 98 valence electrons. The summed E-state index contributed by atoms with van der Waals surface area (Å²) in [7, 11) is 0. The van der Waals surface area contributed by atoms with Crippen LogP contribution in [0.4, 0.5) is 16.4 Å². The van der Waals surface area contributed by atoms with E-state index >= 15 is 0 Å². The van der Waals surface area contributed by atoms with Crippen molar-refractivity contribution in [3.05, 3.63) is 45.7 Å². The summed E-state index contributed by atoms with van der Waals surface area (Å²) in [6.45, 7) is 0. The topological polar surface area (TPSA) is 66.9 Å². The molecule has 2 amide bonds. The smallest absolute Gasteiger partial charge is 0.308 e. The summed E-state index contributed by atoms with van der Waals surface area (Å²) in [5.74, 6) is 0.0111. The molecule has 2 rings (SSSR count). The number of nitrogens with zero attached hydrogens (tertiary/aromatic N) is 2. The van der Waals surface area contributed by atoms with Gasteiger partial charge in [0.15, 0.2) is 0 Å². The first-order chi connectivity index (χ1) is 9.02. The quantitative estimate of drug-likeness (QED) is 0.820. The lowest BCUT2D eigenvalue weighted by Gasteiger charge is -2.07. The van der Waals surface area contributed by atoms with Crippen LogP contribution in [0.15, 0.2) is 30.3 Å². The third-order valence-corrected chi connectivity index (χ3v) is 2.59. The molecule has 0 saturated carbocycles. The average molecular weight is 318 g/mol. The number of anilines is 2. The number of urea groups is 1. The molecule has 0 aliphatic rings. The van der Waals surface area contributed by atoms with Gasteiger partial charge in [-0.25, -0.2) is 14.8 Å². The van der Waals surface area contributed by atoms with Crippen molar-refractivity contribution in [3.8, 4) is 0 Å². The van der Waals surface area contributed by atoms with Crippen LogP contribution in [0.1, 0.15) is 0 Å². The SMILES string of the molecule is O=C(Nc1cccc(Cl)c1)Nc1nc(Cl)cc(Cl)n1. The number of benzene rings is 1. The molecule has 0 fully saturated rings. The van der Waals surface area contributed by atoms with Crippen LogP contribution in [0.3, 0.4) is 0 Å². The van der Waals surface area contributed by atoms with Crippen LogP contribution in [0.25, 0.3) is 0 Å². The maximum absolute atomic E-state index is 11.7. The molecule has 0 spiro atoms. The fourth-order valence-electron chi connectivity index (χ4n) is 1.28. The molecular weight excluding hydrogens is 311 g/mol. The normalized spacial score (nSPS) is 10.1. The van der Waals surface area contributed by atoms with Crippen molar-refractivity contribution in [2.24, 2.45) is 0 Å². The number of rotatable bonds is 2. The summed E-state index contributed by atoms with van der Waals surface area (Å²) >= 11 is 17.2. The van der Waals surface area contributed by atoms with Gasteiger partial charge in [0.1, 0.15) is 10.3 Å². The molecule has 0 radical (unpaired) electrons. The van der Waals surface area contributed by atoms with Gasteiger partial charge in [0.05, 0.1) is 0 Å². The first-order valence-corrected chi connectivity index (χ1v) is 6.20. The summed E-state index contributed by atoms with van der Waals surface area (Å²) in [4.78, 5) is 19.3. The minimum absolute atomic E-state index is 0.0111. The van der Waals surface area contributed by atoms with E-state index in [-0.39, 0.29) is 16.3 Å². The zero-order chi connectivity index (χ0) is 13.8. The van der Waals surface area contributed by atoms with Crippen LogP contribution in [0, 0.1) is 0 Å². The highest BCUT2D eigenvalue weighted by molar-refractivity contribution is 6.33. The first-order valence-electron chi connectivity index (χ1n) is 5.06. The van der Waals surface area contributed by atoms with Gasteiger partial charge in [0, 0.05) is 16.8 Å². The highest BCUT2D eigenvalue weighted by Crippen LogP contribution is 2.16. The predicted molar refractivity (Wildman–Crippen MR) is 76.1 cm³/mol. The van der Waals surface area contributed by atoms with Crippen molar-refractivity contribution < 1.29 is 4.79 Å². The van der Waals surface area contributed by atoms with Gasteiger partial charge in [-0.1, -0.05) is 40.9 Å². The van der Waals surface area contributed by atoms with Crippen LogP contribution in [-0.4, -0.2) is 16.0 Å². The fraction of sp³-hybridized carbons (Fsp3) is 0. The van der Waals surface area contributed by atoms with Crippen LogP contribution < -0.4 is 10.6 Å². The predicted octanol–water partition coefficient (Wildman–Crippen LogP) is 4.08. The fourth-order valence-corrected chi connectivity index (χ4v) is 1.89. The molecule has 2 N–H and O–H groups in total. The summed E-state index contributed by atoms with van der Waals surface area (Å²) in [5, 5.41) is 5.76. The van der Waals surface area contributed by atoms with Crippen molar-refractivity contribution in [2.45, 2.75) is 0 Å². The first kappa shape index (κ1) is 13.9.